The number of carbonyl (C=O) groups excluding carboxylic acids is 1. The Kier molecular flexibility index (Phi) is 3.93. The van der Waals surface area contributed by atoms with E-state index in [0.717, 1.165) is 16.9 Å². The molecule has 0 bridgehead atoms. The van der Waals surface area contributed by atoms with Crippen molar-refractivity contribution in [1.29, 1.82) is 0 Å². The van der Waals surface area contributed by atoms with Gasteiger partial charge in [0, 0.05) is 17.7 Å². The van der Waals surface area contributed by atoms with Gasteiger partial charge in [-0.05, 0) is 29.8 Å². The van der Waals surface area contributed by atoms with Gasteiger partial charge in [-0.15, -0.1) is 0 Å². The molecule has 1 aliphatic heterocycles. The molecule has 0 saturated heterocycles. The zero-order valence-electron chi connectivity index (χ0n) is 11.7. The molecule has 0 unspecified atom stereocenters. The molecular formula is C16H14N2O3S. The number of rotatable bonds is 4. The first-order chi connectivity index (χ1) is 10.6. The van der Waals surface area contributed by atoms with Crippen LogP contribution in [0.2, 0.25) is 0 Å². The minimum atomic E-state index is -0.160. The van der Waals surface area contributed by atoms with E-state index in [1.165, 1.54) is 0 Å². The number of thiocarbonyl (C=S) groups is 1. The molecule has 6 heteroatoms. The molecule has 5 nitrogen and oxygen atoms in total. The van der Waals surface area contributed by atoms with Crippen LogP contribution in [0.4, 0.5) is 0 Å². The van der Waals surface area contributed by atoms with Crippen LogP contribution in [0.5, 0.6) is 11.5 Å². The van der Waals surface area contributed by atoms with Crippen LogP contribution in [0.25, 0.3) is 0 Å². The molecule has 1 heterocycles. The molecular weight excluding hydrogens is 300 g/mol. The summed E-state index contributed by atoms with van der Waals surface area (Å²) in [6, 6.07) is 12.5. The highest BCUT2D eigenvalue weighted by molar-refractivity contribution is 7.80. The lowest BCUT2D eigenvalue weighted by Crippen LogP contribution is -2.22. The average Bonchev–Trinajstić information content (AvgIpc) is 3.00. The Balaban J connectivity index is 1.63. The highest BCUT2D eigenvalue weighted by atomic mass is 32.1. The Hall–Kier alpha value is -2.60. The molecule has 0 spiro atoms. The van der Waals surface area contributed by atoms with Crippen molar-refractivity contribution in [3.63, 3.8) is 0 Å². The molecule has 0 atom stereocenters. The van der Waals surface area contributed by atoms with E-state index in [0.29, 0.717) is 22.8 Å². The molecule has 0 aliphatic carbocycles. The number of fused-ring (bicyclic) bond motifs is 1. The van der Waals surface area contributed by atoms with Crippen molar-refractivity contribution >= 4 is 23.1 Å². The fraction of sp³-hybridized carbons (Fsp3) is 0.125. The molecule has 0 fully saturated rings. The van der Waals surface area contributed by atoms with Crippen molar-refractivity contribution in [3.8, 4) is 11.5 Å². The molecule has 112 valence electrons. The number of hydrogen-bond donors (Lipinski definition) is 2. The van der Waals surface area contributed by atoms with Gasteiger partial charge >= 0.3 is 0 Å². The topological polar surface area (TPSA) is 73.6 Å². The normalized spacial score (nSPS) is 12.0. The number of nitrogens with two attached hydrogens (primary N) is 1. The van der Waals surface area contributed by atoms with Crippen molar-refractivity contribution in [2.24, 2.45) is 5.73 Å². The van der Waals surface area contributed by atoms with Gasteiger partial charge in [-0.25, -0.2) is 0 Å². The maximum absolute atomic E-state index is 12.1. The van der Waals surface area contributed by atoms with Gasteiger partial charge in [0.1, 0.15) is 4.99 Å². The van der Waals surface area contributed by atoms with Crippen molar-refractivity contribution in [3.05, 3.63) is 59.2 Å². The quantitative estimate of drug-likeness (QED) is 0.844. The van der Waals surface area contributed by atoms with Crippen molar-refractivity contribution < 1.29 is 14.3 Å². The van der Waals surface area contributed by atoms with E-state index in [1.54, 1.807) is 24.3 Å². The van der Waals surface area contributed by atoms with Crippen LogP contribution in [-0.2, 0) is 6.54 Å². The first-order valence-electron chi connectivity index (χ1n) is 6.70. The van der Waals surface area contributed by atoms with Crippen LogP contribution in [-0.4, -0.2) is 17.7 Å². The second-order valence-corrected chi connectivity index (χ2v) is 5.25. The Bertz CT molecular complexity index is 729. The summed E-state index contributed by atoms with van der Waals surface area (Å²) in [5.41, 5.74) is 7.76. The number of amides is 1. The van der Waals surface area contributed by atoms with E-state index in [2.05, 4.69) is 5.32 Å². The van der Waals surface area contributed by atoms with Crippen molar-refractivity contribution in [1.82, 2.24) is 5.32 Å². The van der Waals surface area contributed by atoms with Crippen LogP contribution < -0.4 is 20.5 Å². The van der Waals surface area contributed by atoms with Gasteiger partial charge in [0.25, 0.3) is 5.91 Å². The highest BCUT2D eigenvalue weighted by Gasteiger charge is 2.13. The lowest BCUT2D eigenvalue weighted by molar-refractivity contribution is 0.0951. The third-order valence-corrected chi connectivity index (χ3v) is 3.56. The zero-order chi connectivity index (χ0) is 15.5. The summed E-state index contributed by atoms with van der Waals surface area (Å²) in [5.74, 6) is 1.27. The van der Waals surface area contributed by atoms with Crippen LogP contribution >= 0.6 is 12.2 Å². The molecule has 3 N–H and O–H groups in total. The van der Waals surface area contributed by atoms with E-state index >= 15 is 0 Å². The van der Waals surface area contributed by atoms with Crippen LogP contribution in [0.1, 0.15) is 21.5 Å². The maximum atomic E-state index is 12.1. The second-order valence-electron chi connectivity index (χ2n) is 4.81. The molecule has 0 radical (unpaired) electrons. The first-order valence-corrected chi connectivity index (χ1v) is 7.11. The summed E-state index contributed by atoms with van der Waals surface area (Å²) in [6.07, 6.45) is 0. The van der Waals surface area contributed by atoms with E-state index < -0.39 is 0 Å². The Morgan fingerprint density at radius 1 is 1.09 bits per heavy atom. The largest absolute Gasteiger partial charge is 0.454 e. The molecule has 22 heavy (non-hydrogen) atoms. The Morgan fingerprint density at radius 2 is 1.77 bits per heavy atom. The van der Waals surface area contributed by atoms with Gasteiger partial charge in [0.2, 0.25) is 6.79 Å². The van der Waals surface area contributed by atoms with Gasteiger partial charge in [-0.2, -0.15) is 0 Å². The predicted molar refractivity (Wildman–Crippen MR) is 86.1 cm³/mol. The molecule has 1 amide bonds. The van der Waals surface area contributed by atoms with E-state index in [9.17, 15) is 4.79 Å². The van der Waals surface area contributed by atoms with Crippen LogP contribution in [0.3, 0.4) is 0 Å². The predicted octanol–water partition coefficient (Wildman–Crippen LogP) is 1.98. The van der Waals surface area contributed by atoms with Gasteiger partial charge in [-0.1, -0.05) is 30.4 Å². The van der Waals surface area contributed by atoms with Gasteiger partial charge in [0.15, 0.2) is 11.5 Å². The van der Waals surface area contributed by atoms with Gasteiger partial charge in [0.05, 0.1) is 0 Å². The third kappa shape index (κ3) is 3.01. The van der Waals surface area contributed by atoms with Crippen molar-refractivity contribution in [2.75, 3.05) is 6.79 Å². The lowest BCUT2D eigenvalue weighted by Gasteiger charge is -2.07. The van der Waals surface area contributed by atoms with E-state index in [4.69, 9.17) is 27.4 Å². The fourth-order valence-corrected chi connectivity index (χ4v) is 2.26. The number of hydrogen-bond acceptors (Lipinski definition) is 4. The Morgan fingerprint density at radius 3 is 2.50 bits per heavy atom. The van der Waals surface area contributed by atoms with Gasteiger partial charge in [-0.3, -0.25) is 4.79 Å². The molecule has 1 aliphatic rings. The minimum absolute atomic E-state index is 0.160. The maximum Gasteiger partial charge on any atom is 0.251 e. The first kappa shape index (κ1) is 14.3. The summed E-state index contributed by atoms with van der Waals surface area (Å²) in [4.78, 5) is 12.4. The monoisotopic (exact) mass is 314 g/mol. The summed E-state index contributed by atoms with van der Waals surface area (Å²) < 4.78 is 10.6. The average molecular weight is 314 g/mol. The number of nitrogens with one attached hydrogen (secondary N) is 1. The molecule has 2 aromatic carbocycles. The summed E-state index contributed by atoms with van der Waals surface area (Å²) in [7, 11) is 0. The Labute approximate surface area is 133 Å². The van der Waals surface area contributed by atoms with Crippen molar-refractivity contribution in [2.45, 2.75) is 6.54 Å². The number of ether oxygens (including phenoxy) is 2. The van der Waals surface area contributed by atoms with E-state index in [1.807, 2.05) is 18.2 Å². The van der Waals surface area contributed by atoms with Crippen LogP contribution in [0.15, 0.2) is 42.5 Å². The second kappa shape index (κ2) is 6.03. The molecule has 0 aromatic heterocycles. The lowest BCUT2D eigenvalue weighted by atomic mass is 10.1. The third-order valence-electron chi connectivity index (χ3n) is 3.32. The summed E-state index contributed by atoms with van der Waals surface area (Å²) in [6.45, 7) is 0.646. The molecule has 3 rings (SSSR count). The number of benzene rings is 2. The fourth-order valence-electron chi connectivity index (χ4n) is 2.12. The smallest absolute Gasteiger partial charge is 0.251 e. The number of carbonyl (C=O) groups is 1. The van der Waals surface area contributed by atoms with Crippen LogP contribution in [0, 0.1) is 0 Å². The van der Waals surface area contributed by atoms with Gasteiger partial charge < -0.3 is 20.5 Å². The SMILES string of the molecule is NC(=S)c1ccc(C(=O)NCc2ccc3c(c2)OCO3)cc1. The molecule has 0 saturated carbocycles. The zero-order valence-corrected chi connectivity index (χ0v) is 12.5. The minimum Gasteiger partial charge on any atom is -0.454 e. The molecule has 2 aromatic rings. The highest BCUT2D eigenvalue weighted by Crippen LogP contribution is 2.32. The summed E-state index contributed by atoms with van der Waals surface area (Å²) >= 11 is 4.88. The standard InChI is InChI=1S/C16H14N2O3S/c17-15(22)11-2-4-12(5-3-11)16(19)18-8-10-1-6-13-14(7-10)21-9-20-13/h1-7H,8-9H2,(H2,17,22)(H,18,19). The van der Waals surface area contributed by atoms with E-state index in [-0.39, 0.29) is 12.7 Å². The summed E-state index contributed by atoms with van der Waals surface area (Å²) in [5, 5.41) is 2.86.